The molecule has 0 saturated carbocycles. The lowest BCUT2D eigenvalue weighted by atomic mass is 10.3. The molecular weight excluding hydrogens is 332 g/mol. The van der Waals surface area contributed by atoms with Crippen LogP contribution < -0.4 is 5.32 Å². The Bertz CT molecular complexity index is 811. The number of sulfonamides is 1. The first-order chi connectivity index (χ1) is 11.3. The molecule has 3 rings (SSSR count). The summed E-state index contributed by atoms with van der Waals surface area (Å²) in [5.74, 6) is 0.588. The molecule has 1 saturated heterocycles. The van der Waals surface area contributed by atoms with Crippen LogP contribution in [0.1, 0.15) is 13.8 Å². The molecular formula is C14H22N6O3S. The number of rotatable bonds is 5. The molecule has 0 aromatic carbocycles. The Kier molecular flexibility index (Phi) is 4.70. The molecule has 3 heterocycles. The van der Waals surface area contributed by atoms with Crippen molar-refractivity contribution in [1.29, 1.82) is 0 Å². The van der Waals surface area contributed by atoms with Crippen molar-refractivity contribution in [3.05, 3.63) is 12.5 Å². The number of nitrogens with one attached hydrogen (secondary N) is 1. The fraction of sp³-hybridized carbons (Fsp3) is 0.643. The van der Waals surface area contributed by atoms with Crippen molar-refractivity contribution >= 4 is 26.9 Å². The van der Waals surface area contributed by atoms with E-state index < -0.39 is 10.0 Å². The number of morpholine rings is 1. The molecule has 0 aliphatic carbocycles. The lowest BCUT2D eigenvalue weighted by Crippen LogP contribution is -2.49. The molecule has 1 N–H and O–H groups in total. The zero-order valence-corrected chi connectivity index (χ0v) is 14.8. The standard InChI is InChI=1S/C14H22N6O3S/c1-10-6-20(7-11(2)23-10)24(21,22)5-4-15-13-12-8-19(3)18-14(12)17-9-16-13/h8-11H,4-7H2,1-3H3,(H,15,16,17,18)/t10-,11-/m0/s1. The second-order valence-electron chi connectivity index (χ2n) is 6.08. The van der Waals surface area contributed by atoms with E-state index in [0.717, 1.165) is 5.39 Å². The summed E-state index contributed by atoms with van der Waals surface area (Å²) >= 11 is 0. The zero-order chi connectivity index (χ0) is 17.3. The smallest absolute Gasteiger partial charge is 0.216 e. The fourth-order valence-corrected chi connectivity index (χ4v) is 4.37. The third-order valence-corrected chi connectivity index (χ3v) is 5.67. The summed E-state index contributed by atoms with van der Waals surface area (Å²) in [6.07, 6.45) is 3.04. The summed E-state index contributed by atoms with van der Waals surface area (Å²) in [5, 5.41) is 8.05. The second-order valence-corrected chi connectivity index (χ2v) is 8.17. The number of anilines is 1. The maximum Gasteiger partial charge on any atom is 0.216 e. The average Bonchev–Trinajstić information content (AvgIpc) is 2.87. The van der Waals surface area contributed by atoms with Crippen molar-refractivity contribution in [3.8, 4) is 0 Å². The minimum atomic E-state index is -3.34. The van der Waals surface area contributed by atoms with Gasteiger partial charge in [0.25, 0.3) is 0 Å². The molecule has 2 aromatic rings. The van der Waals surface area contributed by atoms with Gasteiger partial charge in [0.15, 0.2) is 5.65 Å². The van der Waals surface area contributed by atoms with E-state index in [1.807, 2.05) is 13.8 Å². The Balaban J connectivity index is 1.64. The number of aromatic nitrogens is 4. The first-order valence-electron chi connectivity index (χ1n) is 7.86. The van der Waals surface area contributed by atoms with Crippen LogP contribution in [0.25, 0.3) is 11.0 Å². The Morgan fingerprint density at radius 3 is 2.71 bits per heavy atom. The molecule has 0 amide bonds. The van der Waals surface area contributed by atoms with Crippen LogP contribution in [0.5, 0.6) is 0 Å². The Morgan fingerprint density at radius 2 is 2.00 bits per heavy atom. The number of fused-ring (bicyclic) bond motifs is 1. The third kappa shape index (κ3) is 3.65. The minimum Gasteiger partial charge on any atom is -0.373 e. The van der Waals surface area contributed by atoms with E-state index in [2.05, 4.69) is 20.4 Å². The van der Waals surface area contributed by atoms with Crippen LogP contribution in [0.3, 0.4) is 0 Å². The van der Waals surface area contributed by atoms with E-state index in [-0.39, 0.29) is 24.5 Å². The fourth-order valence-electron chi connectivity index (χ4n) is 2.88. The van der Waals surface area contributed by atoms with E-state index in [0.29, 0.717) is 24.6 Å². The molecule has 2 atom stereocenters. The van der Waals surface area contributed by atoms with Gasteiger partial charge in [-0.2, -0.15) is 9.40 Å². The maximum absolute atomic E-state index is 12.5. The highest BCUT2D eigenvalue weighted by atomic mass is 32.2. The van der Waals surface area contributed by atoms with Crippen molar-refractivity contribution in [2.24, 2.45) is 7.05 Å². The van der Waals surface area contributed by atoms with E-state index in [1.165, 1.54) is 10.6 Å². The van der Waals surface area contributed by atoms with Gasteiger partial charge in [-0.15, -0.1) is 0 Å². The van der Waals surface area contributed by atoms with Gasteiger partial charge in [-0.1, -0.05) is 0 Å². The van der Waals surface area contributed by atoms with Crippen LogP contribution >= 0.6 is 0 Å². The van der Waals surface area contributed by atoms with Gasteiger partial charge in [-0.05, 0) is 13.8 Å². The lowest BCUT2D eigenvalue weighted by molar-refractivity contribution is -0.0440. The molecule has 24 heavy (non-hydrogen) atoms. The normalized spacial score (nSPS) is 22.8. The minimum absolute atomic E-state index is 0.00179. The SMILES string of the molecule is C[C@H]1CN(S(=O)(=O)CCNc2ncnc3nn(C)cc23)C[C@H](C)O1. The van der Waals surface area contributed by atoms with Crippen LogP contribution in [-0.2, 0) is 21.8 Å². The predicted molar refractivity (Wildman–Crippen MR) is 90.2 cm³/mol. The first-order valence-corrected chi connectivity index (χ1v) is 9.47. The van der Waals surface area contributed by atoms with Crippen molar-refractivity contribution in [2.45, 2.75) is 26.1 Å². The van der Waals surface area contributed by atoms with Crippen LogP contribution in [0.15, 0.2) is 12.5 Å². The highest BCUT2D eigenvalue weighted by Gasteiger charge is 2.30. The second kappa shape index (κ2) is 6.61. The number of nitrogens with zero attached hydrogens (tertiary/aromatic N) is 5. The Hall–Kier alpha value is -1.78. The monoisotopic (exact) mass is 354 g/mol. The predicted octanol–water partition coefficient (Wildman–Crippen LogP) is 0.214. The molecule has 0 bridgehead atoms. The van der Waals surface area contributed by atoms with Gasteiger partial charge in [-0.3, -0.25) is 4.68 Å². The molecule has 2 aromatic heterocycles. The molecule has 1 aliphatic rings. The van der Waals surface area contributed by atoms with Gasteiger partial charge >= 0.3 is 0 Å². The summed E-state index contributed by atoms with van der Waals surface area (Å²) in [4.78, 5) is 8.26. The lowest BCUT2D eigenvalue weighted by Gasteiger charge is -2.34. The molecule has 1 aliphatic heterocycles. The summed E-state index contributed by atoms with van der Waals surface area (Å²) in [6.45, 7) is 4.83. The molecule has 132 valence electrons. The first kappa shape index (κ1) is 17.1. The number of hydrogen-bond acceptors (Lipinski definition) is 7. The Labute approximate surface area is 141 Å². The summed E-state index contributed by atoms with van der Waals surface area (Å²) < 4.78 is 33.8. The maximum atomic E-state index is 12.5. The molecule has 0 spiro atoms. The van der Waals surface area contributed by atoms with Crippen molar-refractivity contribution in [3.63, 3.8) is 0 Å². The molecule has 9 nitrogen and oxygen atoms in total. The Morgan fingerprint density at radius 1 is 1.29 bits per heavy atom. The quantitative estimate of drug-likeness (QED) is 0.819. The highest BCUT2D eigenvalue weighted by Crippen LogP contribution is 2.18. The number of aryl methyl sites for hydroxylation is 1. The topological polar surface area (TPSA) is 102 Å². The molecule has 10 heteroatoms. The van der Waals surface area contributed by atoms with Gasteiger partial charge < -0.3 is 10.1 Å². The highest BCUT2D eigenvalue weighted by molar-refractivity contribution is 7.89. The third-order valence-electron chi connectivity index (χ3n) is 3.86. The van der Waals surface area contributed by atoms with E-state index in [4.69, 9.17) is 4.74 Å². The van der Waals surface area contributed by atoms with Gasteiger partial charge in [0, 0.05) is 32.9 Å². The van der Waals surface area contributed by atoms with E-state index in [9.17, 15) is 8.42 Å². The molecule has 0 radical (unpaired) electrons. The summed E-state index contributed by atoms with van der Waals surface area (Å²) in [7, 11) is -1.54. The molecule has 0 unspecified atom stereocenters. The van der Waals surface area contributed by atoms with E-state index in [1.54, 1.807) is 17.9 Å². The van der Waals surface area contributed by atoms with Gasteiger partial charge in [-0.25, -0.2) is 18.4 Å². The van der Waals surface area contributed by atoms with Gasteiger partial charge in [0.1, 0.15) is 12.1 Å². The van der Waals surface area contributed by atoms with E-state index >= 15 is 0 Å². The zero-order valence-electron chi connectivity index (χ0n) is 14.0. The summed E-state index contributed by atoms with van der Waals surface area (Å²) in [5.41, 5.74) is 0.577. The van der Waals surface area contributed by atoms with Crippen LogP contribution in [0, 0.1) is 0 Å². The van der Waals surface area contributed by atoms with Crippen molar-refractivity contribution in [2.75, 3.05) is 30.7 Å². The van der Waals surface area contributed by atoms with Crippen LogP contribution in [-0.4, -0.2) is 70.1 Å². The number of hydrogen-bond donors (Lipinski definition) is 1. The van der Waals surface area contributed by atoms with Gasteiger partial charge in [0.2, 0.25) is 10.0 Å². The molecule has 1 fully saturated rings. The van der Waals surface area contributed by atoms with Gasteiger partial charge in [0.05, 0.1) is 23.3 Å². The number of ether oxygens (including phenoxy) is 1. The average molecular weight is 354 g/mol. The van der Waals surface area contributed by atoms with Crippen LogP contribution in [0.4, 0.5) is 5.82 Å². The summed E-state index contributed by atoms with van der Waals surface area (Å²) in [6, 6.07) is 0. The van der Waals surface area contributed by atoms with Crippen molar-refractivity contribution < 1.29 is 13.2 Å². The van der Waals surface area contributed by atoms with Crippen LogP contribution in [0.2, 0.25) is 0 Å². The largest absolute Gasteiger partial charge is 0.373 e. The van der Waals surface area contributed by atoms with Crippen molar-refractivity contribution in [1.82, 2.24) is 24.1 Å².